The molecular formula is C16H24S. The zero-order valence-electron chi connectivity index (χ0n) is 11.0. The molecule has 2 rings (SSSR count). The van der Waals surface area contributed by atoms with Crippen LogP contribution in [0.2, 0.25) is 0 Å². The maximum absolute atomic E-state index is 4.68. The van der Waals surface area contributed by atoms with E-state index in [1.54, 1.807) is 0 Å². The van der Waals surface area contributed by atoms with Crippen molar-refractivity contribution in [2.75, 3.05) is 0 Å². The van der Waals surface area contributed by atoms with E-state index in [9.17, 15) is 0 Å². The molecule has 0 heterocycles. The van der Waals surface area contributed by atoms with Gasteiger partial charge in [0, 0.05) is 5.25 Å². The molecule has 1 saturated carbocycles. The lowest BCUT2D eigenvalue weighted by molar-refractivity contribution is 0.269. The van der Waals surface area contributed by atoms with Crippen LogP contribution in [0.25, 0.3) is 0 Å². The van der Waals surface area contributed by atoms with E-state index in [0.29, 0.717) is 16.6 Å². The monoisotopic (exact) mass is 248 g/mol. The van der Waals surface area contributed by atoms with Crippen LogP contribution < -0.4 is 0 Å². The summed E-state index contributed by atoms with van der Waals surface area (Å²) in [5, 5.41) is 0.389. The number of hydrogen-bond donors (Lipinski definition) is 1. The summed E-state index contributed by atoms with van der Waals surface area (Å²) in [7, 11) is 0. The second-order valence-corrected chi connectivity index (χ2v) is 6.44. The molecule has 0 aliphatic heterocycles. The maximum atomic E-state index is 4.68. The smallest absolute Gasteiger partial charge is 0.0202 e. The zero-order valence-corrected chi connectivity index (χ0v) is 11.9. The lowest BCUT2D eigenvalue weighted by atomic mass is 9.72. The van der Waals surface area contributed by atoms with Crippen molar-refractivity contribution < 1.29 is 0 Å². The molecular weight excluding hydrogens is 224 g/mol. The standard InChI is InChI=1S/C16H24S/c1-4-13-11-14(17)7-5-6-8-16(9-10-16)15(13)12(2)3/h5-8,13-15,17H,2,4,9-11H2,1,3H3/b7-5+,8-6-. The third kappa shape index (κ3) is 2.70. The summed E-state index contributed by atoms with van der Waals surface area (Å²) in [5.74, 6) is 1.38. The van der Waals surface area contributed by atoms with Gasteiger partial charge in [0.25, 0.3) is 0 Å². The third-order valence-electron chi connectivity index (χ3n) is 4.39. The van der Waals surface area contributed by atoms with E-state index >= 15 is 0 Å². The van der Waals surface area contributed by atoms with Crippen LogP contribution in [0.5, 0.6) is 0 Å². The number of allylic oxidation sites excluding steroid dienone is 4. The third-order valence-corrected chi connectivity index (χ3v) is 4.77. The molecule has 0 amide bonds. The minimum absolute atomic E-state index is 0.389. The summed E-state index contributed by atoms with van der Waals surface area (Å²) in [6.45, 7) is 8.78. The Bertz CT molecular complexity index is 347. The molecule has 1 fully saturated rings. The molecule has 0 saturated heterocycles. The highest BCUT2D eigenvalue weighted by atomic mass is 32.1. The first-order valence-corrected chi connectivity index (χ1v) is 7.30. The fourth-order valence-corrected chi connectivity index (χ4v) is 3.83. The van der Waals surface area contributed by atoms with Crippen molar-refractivity contribution in [3.05, 3.63) is 36.5 Å². The Morgan fingerprint density at radius 1 is 1.41 bits per heavy atom. The van der Waals surface area contributed by atoms with Crippen molar-refractivity contribution in [1.82, 2.24) is 0 Å². The maximum Gasteiger partial charge on any atom is 0.0202 e. The van der Waals surface area contributed by atoms with Gasteiger partial charge >= 0.3 is 0 Å². The SMILES string of the molecule is C=C(C)C1C(CC)CC(S)/C=C/C=C\C12CC2. The zero-order chi connectivity index (χ0) is 12.5. The van der Waals surface area contributed by atoms with Crippen LogP contribution in [0.1, 0.15) is 39.5 Å². The molecule has 3 atom stereocenters. The summed E-state index contributed by atoms with van der Waals surface area (Å²) in [6, 6.07) is 0. The predicted octanol–water partition coefficient (Wildman–Crippen LogP) is 4.80. The van der Waals surface area contributed by atoms with Gasteiger partial charge in [0.15, 0.2) is 0 Å². The molecule has 3 unspecified atom stereocenters. The van der Waals surface area contributed by atoms with Gasteiger partial charge in [-0.2, -0.15) is 12.6 Å². The van der Waals surface area contributed by atoms with Crippen LogP contribution in [0.3, 0.4) is 0 Å². The summed E-state index contributed by atoms with van der Waals surface area (Å²) < 4.78 is 0. The number of rotatable bonds is 2. The van der Waals surface area contributed by atoms with Crippen LogP contribution >= 0.6 is 12.6 Å². The van der Waals surface area contributed by atoms with Crippen molar-refractivity contribution in [1.29, 1.82) is 0 Å². The van der Waals surface area contributed by atoms with Gasteiger partial charge < -0.3 is 0 Å². The Kier molecular flexibility index (Phi) is 3.87. The van der Waals surface area contributed by atoms with Gasteiger partial charge in [-0.3, -0.25) is 0 Å². The number of hydrogen-bond acceptors (Lipinski definition) is 1. The van der Waals surface area contributed by atoms with E-state index in [0.717, 1.165) is 5.92 Å². The molecule has 17 heavy (non-hydrogen) atoms. The van der Waals surface area contributed by atoms with Crippen molar-refractivity contribution in [2.24, 2.45) is 17.3 Å². The molecule has 0 aromatic heterocycles. The normalized spacial score (nSPS) is 38.9. The fraction of sp³-hybridized carbons (Fsp3) is 0.625. The molecule has 1 heteroatoms. The van der Waals surface area contributed by atoms with Crippen molar-refractivity contribution in [3.8, 4) is 0 Å². The van der Waals surface area contributed by atoms with Gasteiger partial charge in [-0.25, -0.2) is 0 Å². The van der Waals surface area contributed by atoms with E-state index < -0.39 is 0 Å². The Morgan fingerprint density at radius 2 is 2.12 bits per heavy atom. The van der Waals surface area contributed by atoms with Crippen LogP contribution in [0.4, 0.5) is 0 Å². The van der Waals surface area contributed by atoms with Crippen molar-refractivity contribution in [3.63, 3.8) is 0 Å². The lowest BCUT2D eigenvalue weighted by Crippen LogP contribution is -2.26. The Balaban J connectivity index is 2.31. The molecule has 0 bridgehead atoms. The van der Waals surface area contributed by atoms with Gasteiger partial charge in [-0.1, -0.05) is 49.8 Å². The van der Waals surface area contributed by atoms with Gasteiger partial charge in [0.1, 0.15) is 0 Å². The minimum atomic E-state index is 0.389. The second kappa shape index (κ2) is 5.06. The fourth-order valence-electron chi connectivity index (χ4n) is 3.45. The summed E-state index contributed by atoms with van der Waals surface area (Å²) >= 11 is 4.68. The van der Waals surface area contributed by atoms with E-state index in [-0.39, 0.29) is 0 Å². The van der Waals surface area contributed by atoms with Crippen molar-refractivity contribution >= 4 is 12.6 Å². The van der Waals surface area contributed by atoms with Gasteiger partial charge in [0.2, 0.25) is 0 Å². The molecule has 0 radical (unpaired) electrons. The van der Waals surface area contributed by atoms with Gasteiger partial charge in [-0.05, 0) is 43.4 Å². The van der Waals surface area contributed by atoms with Crippen LogP contribution in [0, 0.1) is 17.3 Å². The quantitative estimate of drug-likeness (QED) is 0.526. The van der Waals surface area contributed by atoms with Gasteiger partial charge in [-0.15, -0.1) is 0 Å². The molecule has 2 aliphatic rings. The molecule has 2 aliphatic carbocycles. The van der Waals surface area contributed by atoms with Crippen molar-refractivity contribution in [2.45, 2.75) is 44.8 Å². The van der Waals surface area contributed by atoms with Gasteiger partial charge in [0.05, 0.1) is 0 Å². The van der Waals surface area contributed by atoms with Crippen LogP contribution in [-0.2, 0) is 0 Å². The first-order valence-electron chi connectivity index (χ1n) is 6.78. The van der Waals surface area contributed by atoms with Crippen LogP contribution in [-0.4, -0.2) is 5.25 Å². The highest BCUT2D eigenvalue weighted by molar-refractivity contribution is 7.81. The van der Waals surface area contributed by atoms with Crippen LogP contribution in [0.15, 0.2) is 36.5 Å². The largest absolute Gasteiger partial charge is 0.172 e. The van der Waals surface area contributed by atoms with E-state index in [1.807, 2.05) is 0 Å². The molecule has 0 N–H and O–H groups in total. The lowest BCUT2D eigenvalue weighted by Gasteiger charge is -2.33. The van der Waals surface area contributed by atoms with E-state index in [1.165, 1.54) is 31.3 Å². The molecule has 94 valence electrons. The highest BCUT2D eigenvalue weighted by Gasteiger charge is 2.49. The predicted molar refractivity (Wildman–Crippen MR) is 79.4 cm³/mol. The summed E-state index contributed by atoms with van der Waals surface area (Å²) in [6.07, 6.45) is 14.1. The summed E-state index contributed by atoms with van der Waals surface area (Å²) in [5.41, 5.74) is 1.79. The second-order valence-electron chi connectivity index (χ2n) is 5.77. The first-order chi connectivity index (χ1) is 8.09. The Hall–Kier alpha value is -0.430. The Labute approximate surface area is 111 Å². The average molecular weight is 248 g/mol. The highest BCUT2D eigenvalue weighted by Crippen LogP contribution is 2.59. The summed E-state index contributed by atoms with van der Waals surface area (Å²) in [4.78, 5) is 0. The molecule has 0 aromatic rings. The topological polar surface area (TPSA) is 0 Å². The van der Waals surface area contributed by atoms with E-state index in [2.05, 4.69) is 57.4 Å². The molecule has 1 spiro atoms. The first kappa shape index (κ1) is 13.0. The molecule has 0 nitrogen and oxygen atoms in total. The molecule has 0 aromatic carbocycles. The minimum Gasteiger partial charge on any atom is -0.172 e. The number of thiol groups is 1. The van der Waals surface area contributed by atoms with E-state index in [4.69, 9.17) is 0 Å². The average Bonchev–Trinajstić information content (AvgIpc) is 3.01. The Morgan fingerprint density at radius 3 is 2.65 bits per heavy atom.